The van der Waals surface area contributed by atoms with Gasteiger partial charge < -0.3 is 15.2 Å². The van der Waals surface area contributed by atoms with Gasteiger partial charge in [0.15, 0.2) is 0 Å². The monoisotopic (exact) mass is 217 g/mol. The Hall–Kier alpha value is -1.97. The topological polar surface area (TPSA) is 51.3 Å². The van der Waals surface area contributed by atoms with Gasteiger partial charge in [-0.25, -0.2) is 0 Å². The molecule has 0 aliphatic heterocycles. The van der Waals surface area contributed by atoms with Gasteiger partial charge in [0.1, 0.15) is 6.54 Å². The van der Waals surface area contributed by atoms with E-state index >= 15 is 0 Å². The maximum absolute atomic E-state index is 11.6. The Labute approximate surface area is 94.3 Å². The number of hydrogen-bond acceptors (Lipinski definition) is 2. The second-order valence-corrected chi connectivity index (χ2v) is 4.05. The maximum Gasteiger partial charge on any atom is 0.241 e. The Bertz CT molecular complexity index is 528. The maximum atomic E-state index is 11.6. The summed E-state index contributed by atoms with van der Waals surface area (Å²) in [5, 5.41) is 1.10. The first-order valence-electron chi connectivity index (χ1n) is 5.12. The molecule has 1 aromatic heterocycles. The van der Waals surface area contributed by atoms with Crippen molar-refractivity contribution in [1.82, 2.24) is 9.47 Å². The first kappa shape index (κ1) is 10.5. The number of benzene rings is 1. The van der Waals surface area contributed by atoms with Gasteiger partial charge in [-0.15, -0.1) is 0 Å². The highest BCUT2D eigenvalue weighted by Crippen LogP contribution is 2.18. The van der Waals surface area contributed by atoms with Crippen molar-refractivity contribution in [2.75, 3.05) is 19.8 Å². The molecule has 84 valence electrons. The first-order valence-corrected chi connectivity index (χ1v) is 5.12. The second-order valence-electron chi connectivity index (χ2n) is 4.05. The van der Waals surface area contributed by atoms with Crippen LogP contribution in [0, 0.1) is 0 Å². The van der Waals surface area contributed by atoms with Crippen molar-refractivity contribution >= 4 is 22.5 Å². The normalized spacial score (nSPS) is 10.6. The third-order valence-corrected chi connectivity index (χ3v) is 2.60. The molecule has 0 saturated carbocycles. The van der Waals surface area contributed by atoms with Crippen LogP contribution in [0.5, 0.6) is 0 Å². The largest absolute Gasteiger partial charge is 0.399 e. The number of fused-ring (bicyclic) bond motifs is 1. The molecule has 4 heteroatoms. The van der Waals surface area contributed by atoms with E-state index in [9.17, 15) is 4.79 Å². The Morgan fingerprint density at radius 3 is 2.81 bits per heavy atom. The number of nitrogen functional groups attached to an aromatic ring is 1. The molecule has 16 heavy (non-hydrogen) atoms. The molecule has 0 unspecified atom stereocenters. The van der Waals surface area contributed by atoms with E-state index in [-0.39, 0.29) is 5.91 Å². The summed E-state index contributed by atoms with van der Waals surface area (Å²) in [6, 6.07) is 7.69. The van der Waals surface area contributed by atoms with Crippen molar-refractivity contribution in [3.63, 3.8) is 0 Å². The molecule has 0 atom stereocenters. The number of anilines is 1. The number of nitrogens with zero attached hydrogens (tertiary/aromatic N) is 2. The van der Waals surface area contributed by atoms with Crippen molar-refractivity contribution in [3.05, 3.63) is 30.5 Å². The standard InChI is InChI=1S/C12H15N3O/c1-14(2)12(16)8-15-6-5-9-3-4-10(13)7-11(9)15/h3-7H,8,13H2,1-2H3. The molecule has 0 aliphatic rings. The molecule has 1 aromatic carbocycles. The van der Waals surface area contributed by atoms with E-state index in [1.54, 1.807) is 19.0 Å². The summed E-state index contributed by atoms with van der Waals surface area (Å²) in [6.07, 6.45) is 1.91. The van der Waals surface area contributed by atoms with Gasteiger partial charge in [0.2, 0.25) is 5.91 Å². The van der Waals surface area contributed by atoms with E-state index in [1.165, 1.54) is 0 Å². The van der Waals surface area contributed by atoms with E-state index in [1.807, 2.05) is 35.0 Å². The molecule has 0 spiro atoms. The van der Waals surface area contributed by atoms with Crippen molar-refractivity contribution < 1.29 is 4.79 Å². The number of carbonyl (C=O) groups excluding carboxylic acids is 1. The van der Waals surface area contributed by atoms with Crippen LogP contribution >= 0.6 is 0 Å². The number of nitrogens with two attached hydrogens (primary N) is 1. The van der Waals surface area contributed by atoms with Gasteiger partial charge >= 0.3 is 0 Å². The highest BCUT2D eigenvalue weighted by atomic mass is 16.2. The average molecular weight is 217 g/mol. The molecule has 2 rings (SSSR count). The lowest BCUT2D eigenvalue weighted by atomic mass is 10.2. The van der Waals surface area contributed by atoms with E-state index in [4.69, 9.17) is 5.73 Å². The molecule has 0 saturated heterocycles. The lowest BCUT2D eigenvalue weighted by Gasteiger charge is -2.11. The molecule has 0 radical (unpaired) electrons. The predicted molar refractivity (Wildman–Crippen MR) is 65.0 cm³/mol. The van der Waals surface area contributed by atoms with Crippen LogP contribution in [-0.2, 0) is 11.3 Å². The minimum Gasteiger partial charge on any atom is -0.399 e. The van der Waals surface area contributed by atoms with Crippen LogP contribution in [0.1, 0.15) is 0 Å². The average Bonchev–Trinajstić information content (AvgIpc) is 2.61. The smallest absolute Gasteiger partial charge is 0.241 e. The number of amides is 1. The molecule has 2 aromatic rings. The van der Waals surface area contributed by atoms with Crippen LogP contribution in [0.2, 0.25) is 0 Å². The molecular weight excluding hydrogens is 202 g/mol. The molecule has 2 N–H and O–H groups in total. The van der Waals surface area contributed by atoms with Crippen LogP contribution < -0.4 is 5.73 Å². The van der Waals surface area contributed by atoms with E-state index in [2.05, 4.69) is 0 Å². The molecule has 0 aliphatic carbocycles. The predicted octanol–water partition coefficient (Wildman–Crippen LogP) is 1.31. The first-order chi connectivity index (χ1) is 7.58. The fourth-order valence-corrected chi connectivity index (χ4v) is 1.63. The summed E-state index contributed by atoms with van der Waals surface area (Å²) in [5.41, 5.74) is 7.44. The van der Waals surface area contributed by atoms with Gasteiger partial charge in [-0.3, -0.25) is 4.79 Å². The number of likely N-dealkylation sites (N-methyl/N-ethyl adjacent to an activating group) is 1. The summed E-state index contributed by atoms with van der Waals surface area (Å²) in [7, 11) is 3.50. The Morgan fingerprint density at radius 1 is 1.38 bits per heavy atom. The molecule has 0 bridgehead atoms. The van der Waals surface area contributed by atoms with Crippen molar-refractivity contribution in [3.8, 4) is 0 Å². The number of carbonyl (C=O) groups is 1. The zero-order chi connectivity index (χ0) is 11.7. The third-order valence-electron chi connectivity index (χ3n) is 2.60. The van der Waals surface area contributed by atoms with Gasteiger partial charge in [0.05, 0.1) is 5.52 Å². The van der Waals surface area contributed by atoms with Gasteiger partial charge in [-0.1, -0.05) is 6.07 Å². The summed E-state index contributed by atoms with van der Waals surface area (Å²) >= 11 is 0. The van der Waals surface area contributed by atoms with E-state index < -0.39 is 0 Å². The van der Waals surface area contributed by atoms with Crippen molar-refractivity contribution in [1.29, 1.82) is 0 Å². The Morgan fingerprint density at radius 2 is 2.12 bits per heavy atom. The van der Waals surface area contributed by atoms with Crippen LogP contribution in [0.25, 0.3) is 10.9 Å². The van der Waals surface area contributed by atoms with E-state index in [0.717, 1.165) is 10.9 Å². The lowest BCUT2D eigenvalue weighted by Crippen LogP contribution is -2.25. The minimum atomic E-state index is 0.0694. The molecule has 1 heterocycles. The van der Waals surface area contributed by atoms with Gasteiger partial charge in [0, 0.05) is 26.0 Å². The SMILES string of the molecule is CN(C)C(=O)Cn1ccc2ccc(N)cc21. The number of rotatable bonds is 2. The highest BCUT2D eigenvalue weighted by molar-refractivity contribution is 5.85. The van der Waals surface area contributed by atoms with Crippen LogP contribution in [-0.4, -0.2) is 29.5 Å². The van der Waals surface area contributed by atoms with Gasteiger partial charge in [-0.05, 0) is 23.6 Å². The summed E-state index contributed by atoms with van der Waals surface area (Å²) in [4.78, 5) is 13.2. The zero-order valence-electron chi connectivity index (χ0n) is 9.47. The van der Waals surface area contributed by atoms with Crippen LogP contribution in [0.3, 0.4) is 0 Å². The molecule has 1 amide bonds. The Kier molecular flexibility index (Phi) is 2.56. The number of aromatic nitrogens is 1. The minimum absolute atomic E-state index is 0.0694. The van der Waals surface area contributed by atoms with Crippen LogP contribution in [0.4, 0.5) is 5.69 Å². The summed E-state index contributed by atoms with van der Waals surface area (Å²) < 4.78 is 1.91. The molecule has 4 nitrogen and oxygen atoms in total. The van der Waals surface area contributed by atoms with Crippen molar-refractivity contribution in [2.24, 2.45) is 0 Å². The van der Waals surface area contributed by atoms with Gasteiger partial charge in [0.25, 0.3) is 0 Å². The zero-order valence-corrected chi connectivity index (χ0v) is 9.47. The second kappa shape index (κ2) is 3.89. The lowest BCUT2D eigenvalue weighted by molar-refractivity contribution is -0.129. The quantitative estimate of drug-likeness (QED) is 0.771. The highest BCUT2D eigenvalue weighted by Gasteiger charge is 2.07. The Balaban J connectivity index is 2.38. The van der Waals surface area contributed by atoms with Gasteiger partial charge in [-0.2, -0.15) is 0 Å². The molecule has 0 fully saturated rings. The number of hydrogen-bond donors (Lipinski definition) is 1. The fraction of sp³-hybridized carbons (Fsp3) is 0.250. The third kappa shape index (κ3) is 1.86. The fourth-order valence-electron chi connectivity index (χ4n) is 1.63. The summed E-state index contributed by atoms with van der Waals surface area (Å²) in [5.74, 6) is 0.0694. The van der Waals surface area contributed by atoms with Crippen molar-refractivity contribution in [2.45, 2.75) is 6.54 Å². The van der Waals surface area contributed by atoms with Crippen LogP contribution in [0.15, 0.2) is 30.5 Å². The molecular formula is C12H15N3O. The van der Waals surface area contributed by atoms with E-state index in [0.29, 0.717) is 12.2 Å². The summed E-state index contributed by atoms with van der Waals surface area (Å²) in [6.45, 7) is 0.347.